The highest BCUT2D eigenvalue weighted by atomic mass is 16.4. The molecule has 0 spiro atoms. The van der Waals surface area contributed by atoms with E-state index in [4.69, 9.17) is 10.0 Å². The number of aromatic nitrogens is 4. The Bertz CT molecular complexity index is 454. The standard InChI is InChI=1S/C8H9BN4O2/c1-13-8(10-11-12-13)6-2-4-7(5-3-6)9(14)15/h2-5,14-15H,1H3. The number of nitrogens with zero attached hydrogens (tertiary/aromatic N) is 4. The minimum absolute atomic E-state index is 0.439. The first-order valence-electron chi connectivity index (χ1n) is 4.37. The molecule has 15 heavy (non-hydrogen) atoms. The molecule has 0 aliphatic rings. The van der Waals surface area contributed by atoms with Gasteiger partial charge in [-0.1, -0.05) is 24.3 Å². The lowest BCUT2D eigenvalue weighted by Crippen LogP contribution is -2.29. The lowest BCUT2D eigenvalue weighted by Gasteiger charge is -2.01. The van der Waals surface area contributed by atoms with Crippen molar-refractivity contribution >= 4 is 12.6 Å². The maximum absolute atomic E-state index is 8.91. The van der Waals surface area contributed by atoms with Gasteiger partial charge in [-0.3, -0.25) is 0 Å². The van der Waals surface area contributed by atoms with E-state index in [9.17, 15) is 0 Å². The number of aryl methyl sites for hydroxylation is 1. The summed E-state index contributed by atoms with van der Waals surface area (Å²) in [4.78, 5) is 0. The van der Waals surface area contributed by atoms with Crippen LogP contribution in [0.1, 0.15) is 0 Å². The largest absolute Gasteiger partial charge is 0.488 e. The summed E-state index contributed by atoms with van der Waals surface area (Å²) in [6, 6.07) is 6.71. The van der Waals surface area contributed by atoms with Crippen molar-refractivity contribution in [2.75, 3.05) is 0 Å². The molecule has 2 rings (SSSR count). The van der Waals surface area contributed by atoms with Crippen LogP contribution < -0.4 is 5.46 Å². The van der Waals surface area contributed by atoms with Gasteiger partial charge >= 0.3 is 7.12 Å². The van der Waals surface area contributed by atoms with Crippen LogP contribution in [0.15, 0.2) is 24.3 Å². The van der Waals surface area contributed by atoms with Gasteiger partial charge < -0.3 is 10.0 Å². The normalized spacial score (nSPS) is 10.3. The van der Waals surface area contributed by atoms with Gasteiger partial charge in [0.2, 0.25) is 0 Å². The third-order valence-electron chi connectivity index (χ3n) is 2.09. The molecular weight excluding hydrogens is 195 g/mol. The Labute approximate surface area is 86.3 Å². The van der Waals surface area contributed by atoms with Gasteiger partial charge in [0.1, 0.15) is 0 Å². The molecule has 0 atom stereocenters. The number of benzene rings is 1. The molecule has 2 aromatic rings. The molecule has 2 N–H and O–H groups in total. The Kier molecular flexibility index (Phi) is 2.48. The van der Waals surface area contributed by atoms with Gasteiger partial charge in [-0.2, -0.15) is 0 Å². The SMILES string of the molecule is Cn1nnnc1-c1ccc(B(O)O)cc1. The summed E-state index contributed by atoms with van der Waals surface area (Å²) in [6.45, 7) is 0. The quantitative estimate of drug-likeness (QED) is 0.585. The third kappa shape index (κ3) is 1.88. The average Bonchev–Trinajstić information content (AvgIpc) is 2.65. The van der Waals surface area contributed by atoms with Gasteiger partial charge in [-0.05, 0) is 15.9 Å². The van der Waals surface area contributed by atoms with E-state index in [1.807, 2.05) is 0 Å². The first-order chi connectivity index (χ1) is 7.18. The second-order valence-corrected chi connectivity index (χ2v) is 3.12. The lowest BCUT2D eigenvalue weighted by molar-refractivity contribution is 0.426. The van der Waals surface area contributed by atoms with Crippen molar-refractivity contribution in [3.63, 3.8) is 0 Å². The molecule has 1 aromatic carbocycles. The Morgan fingerprint density at radius 3 is 2.33 bits per heavy atom. The minimum atomic E-state index is -1.45. The van der Waals surface area contributed by atoms with E-state index in [1.54, 1.807) is 36.0 Å². The zero-order chi connectivity index (χ0) is 10.8. The molecule has 0 saturated heterocycles. The first-order valence-corrected chi connectivity index (χ1v) is 4.37. The van der Waals surface area contributed by atoms with Crippen LogP contribution in [-0.4, -0.2) is 37.4 Å². The lowest BCUT2D eigenvalue weighted by atomic mass is 9.80. The van der Waals surface area contributed by atoms with Crippen LogP contribution in [-0.2, 0) is 7.05 Å². The molecule has 0 radical (unpaired) electrons. The van der Waals surface area contributed by atoms with Crippen molar-refractivity contribution in [3.05, 3.63) is 24.3 Å². The fraction of sp³-hybridized carbons (Fsp3) is 0.125. The molecule has 0 unspecified atom stereocenters. The van der Waals surface area contributed by atoms with Gasteiger partial charge in [0.05, 0.1) is 0 Å². The fourth-order valence-corrected chi connectivity index (χ4v) is 1.28. The van der Waals surface area contributed by atoms with E-state index in [2.05, 4.69) is 15.5 Å². The van der Waals surface area contributed by atoms with Crippen LogP contribution in [0.2, 0.25) is 0 Å². The molecule has 0 bridgehead atoms. The van der Waals surface area contributed by atoms with Crippen molar-refractivity contribution in [2.24, 2.45) is 7.05 Å². The van der Waals surface area contributed by atoms with Crippen LogP contribution in [0.4, 0.5) is 0 Å². The fourth-order valence-electron chi connectivity index (χ4n) is 1.28. The molecule has 7 heteroatoms. The summed E-state index contributed by atoms with van der Waals surface area (Å²) in [6.07, 6.45) is 0. The predicted octanol–water partition coefficient (Wildman–Crippen LogP) is -1.44. The van der Waals surface area contributed by atoms with Crippen LogP contribution >= 0.6 is 0 Å². The van der Waals surface area contributed by atoms with Gasteiger partial charge in [-0.25, -0.2) is 4.68 Å². The van der Waals surface area contributed by atoms with Gasteiger partial charge in [0.25, 0.3) is 0 Å². The van der Waals surface area contributed by atoms with Crippen LogP contribution in [0.3, 0.4) is 0 Å². The van der Waals surface area contributed by atoms with Gasteiger partial charge in [0.15, 0.2) is 5.82 Å². The third-order valence-corrected chi connectivity index (χ3v) is 2.09. The van der Waals surface area contributed by atoms with Gasteiger partial charge in [-0.15, -0.1) is 5.10 Å². The minimum Gasteiger partial charge on any atom is -0.423 e. The average molecular weight is 204 g/mol. The van der Waals surface area contributed by atoms with Crippen LogP contribution in [0.5, 0.6) is 0 Å². The maximum Gasteiger partial charge on any atom is 0.488 e. The predicted molar refractivity (Wildman–Crippen MR) is 54.1 cm³/mol. The monoisotopic (exact) mass is 204 g/mol. The Hall–Kier alpha value is -1.73. The molecule has 0 saturated carbocycles. The summed E-state index contributed by atoms with van der Waals surface area (Å²) >= 11 is 0. The summed E-state index contributed by atoms with van der Waals surface area (Å²) in [7, 11) is 0.293. The highest BCUT2D eigenvalue weighted by Gasteiger charge is 2.11. The van der Waals surface area contributed by atoms with Crippen LogP contribution in [0.25, 0.3) is 11.4 Å². The van der Waals surface area contributed by atoms with E-state index >= 15 is 0 Å². The first kappa shape index (κ1) is 9.82. The summed E-state index contributed by atoms with van der Waals surface area (Å²) in [5.74, 6) is 0.633. The van der Waals surface area contributed by atoms with Crippen molar-refractivity contribution in [1.29, 1.82) is 0 Å². The van der Waals surface area contributed by atoms with Crippen molar-refractivity contribution in [2.45, 2.75) is 0 Å². The van der Waals surface area contributed by atoms with E-state index in [0.717, 1.165) is 5.56 Å². The highest BCUT2D eigenvalue weighted by molar-refractivity contribution is 6.58. The van der Waals surface area contributed by atoms with E-state index in [-0.39, 0.29) is 0 Å². The number of hydrogen-bond donors (Lipinski definition) is 2. The zero-order valence-corrected chi connectivity index (χ0v) is 8.07. The van der Waals surface area contributed by atoms with Gasteiger partial charge in [0, 0.05) is 12.6 Å². The second kappa shape index (κ2) is 3.80. The summed E-state index contributed by atoms with van der Waals surface area (Å²) in [5.41, 5.74) is 1.26. The van der Waals surface area contributed by atoms with Crippen molar-refractivity contribution in [1.82, 2.24) is 20.2 Å². The number of rotatable bonds is 2. The molecule has 76 valence electrons. The van der Waals surface area contributed by atoms with E-state index in [0.29, 0.717) is 11.3 Å². The Morgan fingerprint density at radius 2 is 1.87 bits per heavy atom. The molecule has 0 aliphatic heterocycles. The highest BCUT2D eigenvalue weighted by Crippen LogP contribution is 2.12. The van der Waals surface area contributed by atoms with E-state index in [1.165, 1.54) is 0 Å². The number of hydrogen-bond acceptors (Lipinski definition) is 5. The summed E-state index contributed by atoms with van der Waals surface area (Å²) < 4.78 is 1.55. The molecule has 0 aliphatic carbocycles. The molecule has 1 heterocycles. The number of tetrazole rings is 1. The zero-order valence-electron chi connectivity index (χ0n) is 8.07. The molecular formula is C8H9BN4O2. The Morgan fingerprint density at radius 1 is 1.20 bits per heavy atom. The maximum atomic E-state index is 8.91. The van der Waals surface area contributed by atoms with E-state index < -0.39 is 7.12 Å². The smallest absolute Gasteiger partial charge is 0.423 e. The molecule has 0 amide bonds. The summed E-state index contributed by atoms with van der Waals surface area (Å²) in [5, 5.41) is 28.9. The molecule has 1 aromatic heterocycles. The van der Waals surface area contributed by atoms with Crippen molar-refractivity contribution in [3.8, 4) is 11.4 Å². The van der Waals surface area contributed by atoms with Crippen LogP contribution in [0, 0.1) is 0 Å². The molecule has 6 nitrogen and oxygen atoms in total. The van der Waals surface area contributed by atoms with Crippen molar-refractivity contribution < 1.29 is 10.0 Å². The Balaban J connectivity index is 2.36. The molecule has 0 fully saturated rings. The second-order valence-electron chi connectivity index (χ2n) is 3.12. The topological polar surface area (TPSA) is 84.1 Å².